The van der Waals surface area contributed by atoms with Crippen LogP contribution in [0.4, 0.5) is 4.79 Å². The Hall–Kier alpha value is -0.770. The van der Waals surface area contributed by atoms with Gasteiger partial charge in [-0.2, -0.15) is 0 Å². The van der Waals surface area contributed by atoms with Gasteiger partial charge in [0.1, 0.15) is 0 Å². The second-order valence-electron chi connectivity index (χ2n) is 3.80. The van der Waals surface area contributed by atoms with Crippen LogP contribution in [0.2, 0.25) is 0 Å². The van der Waals surface area contributed by atoms with Gasteiger partial charge in [0, 0.05) is 19.6 Å². The quantitative estimate of drug-likeness (QED) is 0.697. The van der Waals surface area contributed by atoms with Crippen molar-refractivity contribution in [2.24, 2.45) is 0 Å². The van der Waals surface area contributed by atoms with Crippen molar-refractivity contribution in [1.29, 1.82) is 0 Å². The topological polar surface area (TPSA) is 52.6 Å². The summed E-state index contributed by atoms with van der Waals surface area (Å²) < 4.78 is 0. The summed E-state index contributed by atoms with van der Waals surface area (Å²) in [5, 5.41) is 12.3. The summed E-state index contributed by atoms with van der Waals surface area (Å²) in [6.07, 6.45) is 3.17. The molecule has 1 atom stereocenters. The van der Waals surface area contributed by atoms with Crippen molar-refractivity contribution in [3.63, 3.8) is 0 Å². The van der Waals surface area contributed by atoms with Crippen molar-refractivity contribution < 1.29 is 9.90 Å². The first-order valence-corrected chi connectivity index (χ1v) is 5.45. The number of nitrogens with zero attached hydrogens (tertiary/aromatic N) is 1. The van der Waals surface area contributed by atoms with Gasteiger partial charge in [-0.25, -0.2) is 4.79 Å². The molecule has 0 aromatic heterocycles. The molecule has 0 aromatic carbocycles. The second kappa shape index (κ2) is 5.86. The van der Waals surface area contributed by atoms with Gasteiger partial charge in [-0.1, -0.05) is 6.92 Å². The maximum Gasteiger partial charge on any atom is 0.317 e. The molecule has 1 saturated heterocycles. The van der Waals surface area contributed by atoms with E-state index in [1.54, 1.807) is 4.90 Å². The highest BCUT2D eigenvalue weighted by atomic mass is 16.3. The first-order chi connectivity index (χ1) is 6.74. The van der Waals surface area contributed by atoms with Crippen LogP contribution in [0, 0.1) is 0 Å². The minimum Gasteiger partial charge on any atom is -0.393 e. The van der Waals surface area contributed by atoms with Crippen LogP contribution in [0.5, 0.6) is 0 Å². The molecule has 0 spiro atoms. The predicted molar refractivity (Wildman–Crippen MR) is 55.1 cm³/mol. The van der Waals surface area contributed by atoms with Gasteiger partial charge in [-0.05, 0) is 25.7 Å². The largest absolute Gasteiger partial charge is 0.393 e. The first-order valence-electron chi connectivity index (χ1n) is 5.45. The van der Waals surface area contributed by atoms with E-state index in [-0.39, 0.29) is 12.1 Å². The average Bonchev–Trinajstić information content (AvgIpc) is 2.39. The van der Waals surface area contributed by atoms with Crippen molar-refractivity contribution >= 4 is 6.03 Å². The molecule has 0 aliphatic carbocycles. The number of carbonyl (C=O) groups excluding carboxylic acids is 1. The lowest BCUT2D eigenvalue weighted by Gasteiger charge is -2.20. The summed E-state index contributed by atoms with van der Waals surface area (Å²) >= 11 is 0. The van der Waals surface area contributed by atoms with Crippen LogP contribution >= 0.6 is 0 Å². The van der Waals surface area contributed by atoms with Gasteiger partial charge in [0.2, 0.25) is 0 Å². The Bertz CT molecular complexity index is 185. The van der Waals surface area contributed by atoms with Crippen LogP contribution in [-0.2, 0) is 0 Å². The summed E-state index contributed by atoms with van der Waals surface area (Å²) in [5.74, 6) is 0. The number of aliphatic hydroxyl groups excluding tert-OH is 1. The Balaban J connectivity index is 2.31. The van der Waals surface area contributed by atoms with Gasteiger partial charge in [0.25, 0.3) is 0 Å². The fourth-order valence-electron chi connectivity index (χ4n) is 1.63. The van der Waals surface area contributed by atoms with E-state index in [1.807, 2.05) is 6.92 Å². The van der Waals surface area contributed by atoms with Gasteiger partial charge in [-0.3, -0.25) is 0 Å². The maximum absolute atomic E-state index is 11.5. The van der Waals surface area contributed by atoms with Gasteiger partial charge in [-0.15, -0.1) is 0 Å². The molecule has 0 saturated carbocycles. The fraction of sp³-hybridized carbons (Fsp3) is 0.900. The highest BCUT2D eigenvalue weighted by molar-refractivity contribution is 5.74. The lowest BCUT2D eigenvalue weighted by atomic mass is 10.2. The van der Waals surface area contributed by atoms with Crippen molar-refractivity contribution in [2.75, 3.05) is 19.6 Å². The van der Waals surface area contributed by atoms with Crippen LogP contribution < -0.4 is 5.32 Å². The van der Waals surface area contributed by atoms with Crippen LogP contribution in [0.15, 0.2) is 0 Å². The molecule has 1 unspecified atom stereocenters. The van der Waals surface area contributed by atoms with E-state index in [0.29, 0.717) is 13.0 Å². The fourth-order valence-corrected chi connectivity index (χ4v) is 1.63. The van der Waals surface area contributed by atoms with E-state index in [1.165, 1.54) is 0 Å². The molecule has 1 rings (SSSR count). The van der Waals surface area contributed by atoms with Gasteiger partial charge in [0.15, 0.2) is 0 Å². The molecule has 82 valence electrons. The number of aliphatic hydroxyl groups is 1. The molecule has 4 heteroatoms. The third-order valence-electron chi connectivity index (χ3n) is 2.51. The molecule has 0 bridgehead atoms. The number of urea groups is 1. The number of amides is 2. The zero-order chi connectivity index (χ0) is 10.4. The number of likely N-dealkylation sites (tertiary alicyclic amines) is 1. The summed E-state index contributed by atoms with van der Waals surface area (Å²) in [4.78, 5) is 13.3. The lowest BCUT2D eigenvalue weighted by molar-refractivity contribution is 0.155. The Kier molecular flexibility index (Phi) is 4.73. The Morgan fingerprint density at radius 1 is 1.50 bits per heavy atom. The molecule has 4 nitrogen and oxygen atoms in total. The van der Waals surface area contributed by atoms with Crippen LogP contribution in [-0.4, -0.2) is 41.8 Å². The van der Waals surface area contributed by atoms with Gasteiger partial charge >= 0.3 is 6.03 Å². The molecular formula is C10H20N2O2. The first kappa shape index (κ1) is 11.3. The monoisotopic (exact) mass is 200 g/mol. The molecule has 1 aliphatic heterocycles. The number of hydrogen-bond acceptors (Lipinski definition) is 2. The van der Waals surface area contributed by atoms with E-state index < -0.39 is 0 Å². The standard InChI is InChI=1S/C10H20N2O2/c1-2-6-11-10(14)12-7-3-4-9(13)5-8-12/h9,13H,2-8H2,1H3,(H,11,14). The molecule has 1 aliphatic rings. The minimum atomic E-state index is -0.223. The molecule has 0 radical (unpaired) electrons. The minimum absolute atomic E-state index is 0.0148. The van der Waals surface area contributed by atoms with E-state index >= 15 is 0 Å². The third kappa shape index (κ3) is 3.54. The van der Waals surface area contributed by atoms with Crippen LogP contribution in [0.3, 0.4) is 0 Å². The summed E-state index contributed by atoms with van der Waals surface area (Å²) in [6.45, 7) is 4.22. The van der Waals surface area contributed by atoms with Gasteiger partial charge < -0.3 is 15.3 Å². The van der Waals surface area contributed by atoms with E-state index in [0.717, 1.165) is 32.4 Å². The summed E-state index contributed by atoms with van der Waals surface area (Å²) in [5.41, 5.74) is 0. The number of rotatable bonds is 2. The van der Waals surface area contributed by atoms with E-state index in [9.17, 15) is 9.90 Å². The summed E-state index contributed by atoms with van der Waals surface area (Å²) in [6, 6.07) is 0.0148. The van der Waals surface area contributed by atoms with Crippen molar-refractivity contribution in [3.05, 3.63) is 0 Å². The highest BCUT2D eigenvalue weighted by Gasteiger charge is 2.18. The van der Waals surface area contributed by atoms with E-state index in [4.69, 9.17) is 0 Å². The molecule has 2 N–H and O–H groups in total. The lowest BCUT2D eigenvalue weighted by Crippen LogP contribution is -2.40. The zero-order valence-electron chi connectivity index (χ0n) is 8.83. The normalized spacial score (nSPS) is 23.0. The summed E-state index contributed by atoms with van der Waals surface area (Å²) in [7, 11) is 0. The maximum atomic E-state index is 11.5. The highest BCUT2D eigenvalue weighted by Crippen LogP contribution is 2.10. The van der Waals surface area contributed by atoms with Crippen LogP contribution in [0.1, 0.15) is 32.6 Å². The molecule has 0 aromatic rings. The van der Waals surface area contributed by atoms with Gasteiger partial charge in [0.05, 0.1) is 6.10 Å². The smallest absolute Gasteiger partial charge is 0.317 e. The molecular weight excluding hydrogens is 180 g/mol. The Labute approximate surface area is 85.3 Å². The van der Waals surface area contributed by atoms with E-state index in [2.05, 4.69) is 5.32 Å². The molecule has 14 heavy (non-hydrogen) atoms. The van der Waals surface area contributed by atoms with Crippen molar-refractivity contribution in [3.8, 4) is 0 Å². The number of hydrogen-bond donors (Lipinski definition) is 2. The molecule has 1 heterocycles. The Morgan fingerprint density at radius 3 is 3.00 bits per heavy atom. The average molecular weight is 200 g/mol. The predicted octanol–water partition coefficient (Wildman–Crippen LogP) is 0.953. The zero-order valence-corrected chi connectivity index (χ0v) is 8.83. The third-order valence-corrected chi connectivity index (χ3v) is 2.51. The number of nitrogens with one attached hydrogen (secondary N) is 1. The van der Waals surface area contributed by atoms with Crippen molar-refractivity contribution in [1.82, 2.24) is 10.2 Å². The Morgan fingerprint density at radius 2 is 2.29 bits per heavy atom. The van der Waals surface area contributed by atoms with Crippen molar-refractivity contribution in [2.45, 2.75) is 38.7 Å². The number of carbonyl (C=O) groups is 1. The second-order valence-corrected chi connectivity index (χ2v) is 3.80. The molecule has 2 amide bonds. The SMILES string of the molecule is CCCNC(=O)N1CCCC(O)CC1. The van der Waals surface area contributed by atoms with Crippen LogP contribution in [0.25, 0.3) is 0 Å². The molecule has 1 fully saturated rings.